The molecular weight excluding hydrogens is 214 g/mol. The molecule has 0 saturated heterocycles. The fourth-order valence-corrected chi connectivity index (χ4v) is 1.64. The predicted molar refractivity (Wildman–Crippen MR) is 68.3 cm³/mol. The van der Waals surface area contributed by atoms with E-state index < -0.39 is 0 Å². The summed E-state index contributed by atoms with van der Waals surface area (Å²) in [5.74, 6) is -0.0340. The molecule has 0 radical (unpaired) electrons. The molecule has 4 heteroatoms. The molecule has 1 atom stereocenters. The highest BCUT2D eigenvalue weighted by atomic mass is 16.1. The Labute approximate surface area is 103 Å². The predicted octanol–water partition coefficient (Wildman–Crippen LogP) is 1.38. The molecule has 0 bridgehead atoms. The minimum Gasteiger partial charge on any atom is -0.352 e. The third-order valence-electron chi connectivity index (χ3n) is 2.73. The lowest BCUT2D eigenvalue weighted by atomic mass is 10.0. The molecule has 1 aromatic heterocycles. The van der Waals surface area contributed by atoms with Crippen molar-refractivity contribution in [2.24, 2.45) is 11.7 Å². The number of carbonyl (C=O) groups is 1. The zero-order valence-electron chi connectivity index (χ0n) is 10.6. The van der Waals surface area contributed by atoms with E-state index in [1.807, 2.05) is 19.1 Å². The summed E-state index contributed by atoms with van der Waals surface area (Å²) in [4.78, 5) is 16.0. The van der Waals surface area contributed by atoms with E-state index in [-0.39, 0.29) is 11.8 Å². The van der Waals surface area contributed by atoms with Crippen LogP contribution in [0.1, 0.15) is 31.0 Å². The number of carbonyl (C=O) groups excluding carboxylic acids is 1. The zero-order valence-corrected chi connectivity index (χ0v) is 10.6. The van der Waals surface area contributed by atoms with Crippen LogP contribution in [-0.2, 0) is 11.3 Å². The summed E-state index contributed by atoms with van der Waals surface area (Å²) >= 11 is 0. The van der Waals surface area contributed by atoms with Gasteiger partial charge in [0, 0.05) is 25.0 Å². The summed E-state index contributed by atoms with van der Waals surface area (Å²) < 4.78 is 0. The molecule has 1 unspecified atom stereocenters. The Balaban J connectivity index is 2.44. The van der Waals surface area contributed by atoms with E-state index in [4.69, 9.17) is 5.73 Å². The van der Waals surface area contributed by atoms with E-state index in [1.54, 1.807) is 6.20 Å². The lowest BCUT2D eigenvalue weighted by Crippen LogP contribution is -2.34. The number of nitrogens with two attached hydrogens (primary N) is 1. The molecule has 1 aromatic rings. The van der Waals surface area contributed by atoms with Crippen LogP contribution in [0.4, 0.5) is 0 Å². The number of nitrogens with one attached hydrogen (secondary N) is 1. The first-order chi connectivity index (χ1) is 8.17. The normalized spacial score (nSPS) is 12.2. The van der Waals surface area contributed by atoms with Crippen LogP contribution in [0.25, 0.3) is 0 Å². The summed E-state index contributed by atoms with van der Waals surface area (Å²) in [7, 11) is 0. The summed E-state index contributed by atoms with van der Waals surface area (Å²) in [6.07, 6.45) is 3.60. The Kier molecular flexibility index (Phi) is 5.63. The number of hydrogen-bond acceptors (Lipinski definition) is 3. The lowest BCUT2D eigenvalue weighted by molar-refractivity contribution is -0.125. The lowest BCUT2D eigenvalue weighted by Gasteiger charge is -2.13. The molecule has 0 aromatic carbocycles. The average molecular weight is 235 g/mol. The number of amides is 1. The second-order valence-corrected chi connectivity index (χ2v) is 4.25. The minimum atomic E-state index is -0.0709. The molecule has 1 rings (SSSR count). The first-order valence-electron chi connectivity index (χ1n) is 6.06. The fourth-order valence-electron chi connectivity index (χ4n) is 1.64. The molecule has 0 saturated carbocycles. The Hall–Kier alpha value is -1.42. The van der Waals surface area contributed by atoms with Crippen LogP contribution in [0.15, 0.2) is 18.3 Å². The zero-order chi connectivity index (χ0) is 12.7. The van der Waals surface area contributed by atoms with Crippen molar-refractivity contribution < 1.29 is 4.79 Å². The fraction of sp³-hybridized carbons (Fsp3) is 0.538. The monoisotopic (exact) mass is 235 g/mol. The topological polar surface area (TPSA) is 68.0 Å². The molecule has 0 aliphatic heterocycles. The van der Waals surface area contributed by atoms with Crippen LogP contribution >= 0.6 is 0 Å². The number of aromatic nitrogens is 1. The van der Waals surface area contributed by atoms with Gasteiger partial charge in [-0.2, -0.15) is 0 Å². The van der Waals surface area contributed by atoms with Gasteiger partial charge in [0.1, 0.15) is 0 Å². The van der Waals surface area contributed by atoms with Crippen molar-refractivity contribution in [3.8, 4) is 0 Å². The van der Waals surface area contributed by atoms with Crippen molar-refractivity contribution in [2.75, 3.05) is 6.54 Å². The van der Waals surface area contributed by atoms with Gasteiger partial charge in [-0.05, 0) is 25.0 Å². The van der Waals surface area contributed by atoms with Gasteiger partial charge >= 0.3 is 0 Å². The highest BCUT2D eigenvalue weighted by Crippen LogP contribution is 2.05. The Morgan fingerprint density at radius 2 is 2.29 bits per heavy atom. The van der Waals surface area contributed by atoms with Crippen LogP contribution in [0, 0.1) is 12.8 Å². The van der Waals surface area contributed by atoms with Crippen molar-refractivity contribution >= 4 is 5.91 Å². The van der Waals surface area contributed by atoms with Crippen molar-refractivity contribution in [2.45, 2.75) is 33.2 Å². The van der Waals surface area contributed by atoms with Gasteiger partial charge in [0.25, 0.3) is 0 Å². The minimum absolute atomic E-state index is 0.0370. The third-order valence-corrected chi connectivity index (χ3v) is 2.73. The van der Waals surface area contributed by atoms with Crippen LogP contribution < -0.4 is 11.1 Å². The van der Waals surface area contributed by atoms with E-state index in [1.165, 1.54) is 0 Å². The van der Waals surface area contributed by atoms with Gasteiger partial charge < -0.3 is 11.1 Å². The first-order valence-corrected chi connectivity index (χ1v) is 6.06. The van der Waals surface area contributed by atoms with Crippen LogP contribution in [0.2, 0.25) is 0 Å². The first kappa shape index (κ1) is 13.6. The average Bonchev–Trinajstić information content (AvgIpc) is 2.35. The van der Waals surface area contributed by atoms with Crippen molar-refractivity contribution in [1.29, 1.82) is 0 Å². The van der Waals surface area contributed by atoms with E-state index in [0.717, 1.165) is 24.1 Å². The van der Waals surface area contributed by atoms with E-state index in [9.17, 15) is 4.79 Å². The smallest absolute Gasteiger partial charge is 0.224 e. The van der Waals surface area contributed by atoms with Crippen molar-refractivity contribution in [3.63, 3.8) is 0 Å². The molecule has 0 aliphatic rings. The van der Waals surface area contributed by atoms with Gasteiger partial charge in [-0.15, -0.1) is 0 Å². The maximum Gasteiger partial charge on any atom is 0.224 e. The molecule has 94 valence electrons. The highest BCUT2D eigenvalue weighted by molar-refractivity contribution is 5.78. The summed E-state index contributed by atoms with van der Waals surface area (Å²) in [6, 6.07) is 3.91. The Morgan fingerprint density at radius 3 is 2.82 bits per heavy atom. The van der Waals surface area contributed by atoms with Gasteiger partial charge in [-0.1, -0.05) is 19.4 Å². The van der Waals surface area contributed by atoms with E-state index >= 15 is 0 Å². The molecule has 1 amide bonds. The van der Waals surface area contributed by atoms with Crippen molar-refractivity contribution in [1.82, 2.24) is 10.3 Å². The van der Waals surface area contributed by atoms with Crippen LogP contribution in [0.3, 0.4) is 0 Å². The molecule has 4 nitrogen and oxygen atoms in total. The van der Waals surface area contributed by atoms with E-state index in [0.29, 0.717) is 13.1 Å². The second-order valence-electron chi connectivity index (χ2n) is 4.25. The highest BCUT2D eigenvalue weighted by Gasteiger charge is 2.14. The van der Waals surface area contributed by atoms with Gasteiger partial charge in [0.05, 0.1) is 5.92 Å². The van der Waals surface area contributed by atoms with Gasteiger partial charge in [-0.25, -0.2) is 0 Å². The Bertz CT molecular complexity index is 348. The maximum atomic E-state index is 11.8. The molecule has 0 fully saturated rings. The van der Waals surface area contributed by atoms with Gasteiger partial charge in [0.2, 0.25) is 5.91 Å². The molecule has 0 aliphatic carbocycles. The van der Waals surface area contributed by atoms with Gasteiger partial charge in [0.15, 0.2) is 0 Å². The number of hydrogen-bond donors (Lipinski definition) is 2. The number of rotatable bonds is 6. The maximum absolute atomic E-state index is 11.8. The number of pyridine rings is 1. The number of nitrogens with zero attached hydrogens (tertiary/aromatic N) is 1. The molecule has 0 spiro atoms. The third kappa shape index (κ3) is 4.53. The molecule has 1 heterocycles. The quantitative estimate of drug-likeness (QED) is 0.782. The molecule has 3 N–H and O–H groups in total. The van der Waals surface area contributed by atoms with Crippen molar-refractivity contribution in [3.05, 3.63) is 29.6 Å². The summed E-state index contributed by atoms with van der Waals surface area (Å²) in [6.45, 7) is 4.92. The van der Waals surface area contributed by atoms with Crippen LogP contribution in [0.5, 0.6) is 0 Å². The summed E-state index contributed by atoms with van der Waals surface area (Å²) in [5.41, 5.74) is 7.56. The Morgan fingerprint density at radius 1 is 1.53 bits per heavy atom. The molecular formula is C13H21N3O. The van der Waals surface area contributed by atoms with Crippen LogP contribution in [-0.4, -0.2) is 17.4 Å². The number of aryl methyl sites for hydroxylation is 1. The second kappa shape index (κ2) is 7.01. The molecule has 17 heavy (non-hydrogen) atoms. The van der Waals surface area contributed by atoms with E-state index in [2.05, 4.69) is 17.2 Å². The SMILES string of the molecule is CCCC(CN)C(=O)NCc1ccc(C)nc1. The standard InChI is InChI=1S/C13H21N3O/c1-3-4-12(7-14)13(17)16-9-11-6-5-10(2)15-8-11/h5-6,8,12H,3-4,7,9,14H2,1-2H3,(H,16,17). The largest absolute Gasteiger partial charge is 0.352 e. The van der Waals surface area contributed by atoms with Gasteiger partial charge in [-0.3, -0.25) is 9.78 Å². The summed E-state index contributed by atoms with van der Waals surface area (Å²) in [5, 5.41) is 2.90.